The van der Waals surface area contributed by atoms with E-state index in [9.17, 15) is 19.3 Å². The number of non-ortho nitro benzene ring substituents is 1. The minimum atomic E-state index is -1.58. The lowest BCUT2D eigenvalue weighted by Crippen LogP contribution is -2.18. The number of nitrogens with one attached hydrogen (secondary N) is 1. The van der Waals surface area contributed by atoms with Gasteiger partial charge in [-0.1, -0.05) is 23.4 Å². The van der Waals surface area contributed by atoms with Crippen molar-refractivity contribution in [2.45, 2.75) is 18.7 Å². The van der Waals surface area contributed by atoms with Crippen LogP contribution < -0.4 is 4.72 Å². The van der Waals surface area contributed by atoms with Gasteiger partial charge in [0.2, 0.25) is 0 Å². The summed E-state index contributed by atoms with van der Waals surface area (Å²) in [4.78, 5) is 21.3. The molecule has 1 aromatic carbocycles. The van der Waals surface area contributed by atoms with Gasteiger partial charge in [-0.2, -0.15) is 0 Å². The van der Waals surface area contributed by atoms with Crippen molar-refractivity contribution in [2.24, 2.45) is 0 Å². The number of hydrogen-bond acceptors (Lipinski definition) is 6. The van der Waals surface area contributed by atoms with Gasteiger partial charge in [0, 0.05) is 24.1 Å². The molecule has 6 nitrogen and oxygen atoms in total. The van der Waals surface area contributed by atoms with E-state index >= 15 is 0 Å². The smallest absolute Gasteiger partial charge is 0.306 e. The van der Waals surface area contributed by atoms with E-state index in [1.165, 1.54) is 37.0 Å². The average molecular weight is 366 g/mol. The van der Waals surface area contributed by atoms with Crippen LogP contribution in [0.25, 0.3) is 0 Å². The van der Waals surface area contributed by atoms with E-state index in [2.05, 4.69) is 4.72 Å². The molecule has 0 spiro atoms. The molecule has 120 valence electrons. The standard InChI is InChI=1S/C12H13ClFN3O3S2/c1-7(2)11(15-22-16(3)12(14)18)21-10-5-4-8(17(19)20)6-9(10)13/h4-6,15H,1-3H3. The molecule has 0 saturated heterocycles. The number of thioether (sulfide) groups is 1. The predicted molar refractivity (Wildman–Crippen MR) is 87.3 cm³/mol. The summed E-state index contributed by atoms with van der Waals surface area (Å²) in [5, 5.41) is 11.6. The number of amides is 1. The molecular formula is C12H13ClFN3O3S2. The summed E-state index contributed by atoms with van der Waals surface area (Å²) in [6, 6.07) is 4.14. The van der Waals surface area contributed by atoms with Crippen molar-refractivity contribution in [2.75, 3.05) is 7.05 Å². The second kappa shape index (κ2) is 8.25. The van der Waals surface area contributed by atoms with Gasteiger partial charge in [0.25, 0.3) is 5.69 Å². The fourth-order valence-corrected chi connectivity index (χ4v) is 2.95. The molecule has 0 aliphatic carbocycles. The molecule has 0 fully saturated rings. The lowest BCUT2D eigenvalue weighted by molar-refractivity contribution is -0.384. The molecule has 0 aliphatic heterocycles. The normalized spacial score (nSPS) is 10.0. The first-order chi connectivity index (χ1) is 10.2. The van der Waals surface area contributed by atoms with Crippen LogP contribution in [-0.2, 0) is 0 Å². The lowest BCUT2D eigenvalue weighted by atomic mass is 10.3. The third kappa shape index (κ3) is 5.39. The zero-order valence-electron chi connectivity index (χ0n) is 11.9. The quantitative estimate of drug-likeness (QED) is 0.195. The summed E-state index contributed by atoms with van der Waals surface area (Å²) in [6.45, 7) is 3.65. The number of carbonyl (C=O) groups is 1. The highest BCUT2D eigenvalue weighted by molar-refractivity contribution is 8.04. The van der Waals surface area contributed by atoms with Gasteiger partial charge in [-0.3, -0.25) is 10.1 Å². The van der Waals surface area contributed by atoms with Crippen molar-refractivity contribution in [3.63, 3.8) is 0 Å². The Morgan fingerprint density at radius 2 is 2.09 bits per heavy atom. The predicted octanol–water partition coefficient (Wildman–Crippen LogP) is 4.77. The molecule has 22 heavy (non-hydrogen) atoms. The Morgan fingerprint density at radius 3 is 2.55 bits per heavy atom. The van der Waals surface area contributed by atoms with Crippen LogP contribution in [0, 0.1) is 10.1 Å². The van der Waals surface area contributed by atoms with Gasteiger partial charge < -0.3 is 4.72 Å². The number of benzene rings is 1. The molecule has 0 radical (unpaired) electrons. The van der Waals surface area contributed by atoms with E-state index in [0.29, 0.717) is 9.92 Å². The van der Waals surface area contributed by atoms with E-state index < -0.39 is 11.1 Å². The van der Waals surface area contributed by atoms with Crippen LogP contribution in [0.1, 0.15) is 13.8 Å². The first-order valence-corrected chi connectivity index (χ1v) is 7.84. The van der Waals surface area contributed by atoms with Gasteiger partial charge in [-0.15, -0.1) is 4.39 Å². The van der Waals surface area contributed by atoms with Gasteiger partial charge in [0.15, 0.2) is 0 Å². The topological polar surface area (TPSA) is 75.5 Å². The van der Waals surface area contributed by atoms with Gasteiger partial charge >= 0.3 is 6.16 Å². The van der Waals surface area contributed by atoms with Crippen molar-refractivity contribution in [3.05, 3.63) is 43.9 Å². The highest BCUT2D eigenvalue weighted by atomic mass is 35.5. The Morgan fingerprint density at radius 1 is 1.45 bits per heavy atom. The Hall–Kier alpha value is -1.45. The largest absolute Gasteiger partial charge is 0.411 e. The van der Waals surface area contributed by atoms with Crippen LogP contribution in [0.15, 0.2) is 33.7 Å². The van der Waals surface area contributed by atoms with Gasteiger partial charge in [-0.05, 0) is 25.5 Å². The van der Waals surface area contributed by atoms with Crippen LogP contribution >= 0.6 is 35.5 Å². The summed E-state index contributed by atoms with van der Waals surface area (Å²) in [6.07, 6.45) is -1.58. The van der Waals surface area contributed by atoms with Gasteiger partial charge in [-0.25, -0.2) is 9.10 Å². The third-order valence-electron chi connectivity index (χ3n) is 2.32. The molecule has 0 aliphatic rings. The summed E-state index contributed by atoms with van der Waals surface area (Å²) in [7, 11) is 1.28. The lowest BCUT2D eigenvalue weighted by Gasteiger charge is -2.16. The van der Waals surface area contributed by atoms with E-state index in [-0.39, 0.29) is 10.7 Å². The number of allylic oxidation sites excluding steroid dienone is 1. The highest BCUT2D eigenvalue weighted by Gasteiger charge is 2.14. The van der Waals surface area contributed by atoms with Crippen molar-refractivity contribution >= 4 is 47.3 Å². The van der Waals surface area contributed by atoms with Crippen molar-refractivity contribution in [1.82, 2.24) is 9.03 Å². The van der Waals surface area contributed by atoms with Crippen LogP contribution in [-0.4, -0.2) is 22.4 Å². The minimum absolute atomic E-state index is 0.0989. The molecule has 0 unspecified atom stereocenters. The molecule has 0 aromatic heterocycles. The van der Waals surface area contributed by atoms with Crippen molar-refractivity contribution < 1.29 is 14.1 Å². The monoisotopic (exact) mass is 365 g/mol. The maximum absolute atomic E-state index is 12.5. The number of carbonyl (C=O) groups excluding carboxylic acids is 1. The zero-order valence-corrected chi connectivity index (χ0v) is 14.3. The maximum atomic E-state index is 12.5. The number of nitrogens with zero attached hydrogens (tertiary/aromatic N) is 2. The van der Waals surface area contributed by atoms with E-state index in [1.54, 1.807) is 0 Å². The number of rotatable bonds is 6. The molecule has 1 rings (SSSR count). The minimum Gasteiger partial charge on any atom is -0.306 e. The van der Waals surface area contributed by atoms with Crippen molar-refractivity contribution in [3.8, 4) is 0 Å². The molecule has 1 N–H and O–H groups in total. The summed E-state index contributed by atoms with van der Waals surface area (Å²) in [5.41, 5.74) is 0.782. The Kier molecular flexibility index (Phi) is 6.98. The Bertz CT molecular complexity index is 624. The second-order valence-electron chi connectivity index (χ2n) is 4.25. The van der Waals surface area contributed by atoms with Crippen molar-refractivity contribution in [1.29, 1.82) is 0 Å². The van der Waals surface area contributed by atoms with Crippen LogP contribution in [0.3, 0.4) is 0 Å². The van der Waals surface area contributed by atoms with Crippen LogP contribution in [0.2, 0.25) is 5.02 Å². The Balaban J connectivity index is 2.87. The first kappa shape index (κ1) is 18.6. The summed E-state index contributed by atoms with van der Waals surface area (Å²) in [5.74, 6) is 0. The van der Waals surface area contributed by atoms with Crippen LogP contribution in [0.4, 0.5) is 14.9 Å². The molecule has 10 heteroatoms. The van der Waals surface area contributed by atoms with E-state index in [4.69, 9.17) is 11.6 Å². The van der Waals surface area contributed by atoms with Gasteiger partial charge in [0.1, 0.15) is 0 Å². The highest BCUT2D eigenvalue weighted by Crippen LogP contribution is 2.35. The first-order valence-electron chi connectivity index (χ1n) is 5.87. The zero-order chi connectivity index (χ0) is 16.9. The van der Waals surface area contributed by atoms with Crippen LogP contribution in [0.5, 0.6) is 0 Å². The molecule has 0 saturated carbocycles. The third-order valence-corrected chi connectivity index (χ3v) is 4.87. The number of halogens is 2. The second-order valence-corrected chi connectivity index (χ2v) is 6.64. The summed E-state index contributed by atoms with van der Waals surface area (Å²) < 4.78 is 16.1. The average Bonchev–Trinajstić information content (AvgIpc) is 2.43. The SMILES string of the molecule is CC(C)=C(NSN(C)C(=O)F)Sc1ccc([N+](=O)[O-])cc1Cl. The number of nitro groups is 1. The van der Waals surface area contributed by atoms with Gasteiger partial charge in [0.05, 0.1) is 27.1 Å². The molecule has 0 atom stereocenters. The molecule has 0 bridgehead atoms. The van der Waals surface area contributed by atoms with E-state index in [1.807, 2.05) is 13.8 Å². The van der Waals surface area contributed by atoms with E-state index in [0.717, 1.165) is 22.0 Å². The molecule has 1 amide bonds. The Labute approximate surface area is 140 Å². The fraction of sp³-hybridized carbons (Fsp3) is 0.250. The summed E-state index contributed by atoms with van der Waals surface area (Å²) >= 11 is 8.04. The maximum Gasteiger partial charge on any atom is 0.411 e. The molecular weight excluding hydrogens is 353 g/mol. The number of nitro benzene ring substituents is 1. The number of hydrogen-bond donors (Lipinski definition) is 1. The molecule has 0 heterocycles. The fourth-order valence-electron chi connectivity index (χ4n) is 1.17. The molecule has 1 aromatic rings.